The van der Waals surface area contributed by atoms with E-state index < -0.39 is 12.0 Å². The molecule has 3 heteroatoms. The van der Waals surface area contributed by atoms with E-state index in [1.54, 1.807) is 6.92 Å². The molecular formula is C9H17NO2. The average Bonchev–Trinajstić information content (AvgIpc) is 1.98. The highest BCUT2D eigenvalue weighted by Crippen LogP contribution is 2.01. The summed E-state index contributed by atoms with van der Waals surface area (Å²) in [6.45, 7) is 9.30. The van der Waals surface area contributed by atoms with E-state index in [0.717, 1.165) is 6.42 Å². The Labute approximate surface area is 73.5 Å². The van der Waals surface area contributed by atoms with E-state index in [0.29, 0.717) is 5.57 Å². The summed E-state index contributed by atoms with van der Waals surface area (Å²) in [4.78, 5) is 10.7. The van der Waals surface area contributed by atoms with Crippen molar-refractivity contribution in [2.45, 2.75) is 39.3 Å². The normalized spacial score (nSPS) is 15.2. The van der Waals surface area contributed by atoms with Gasteiger partial charge in [-0.25, -0.2) is 0 Å². The van der Waals surface area contributed by atoms with Crippen molar-refractivity contribution in [2.75, 3.05) is 0 Å². The molecule has 0 bridgehead atoms. The second kappa shape index (κ2) is 4.93. The van der Waals surface area contributed by atoms with Crippen LogP contribution in [-0.2, 0) is 4.79 Å². The number of hydrogen-bond acceptors (Lipinski definition) is 2. The maximum atomic E-state index is 10.7. The zero-order valence-electron chi connectivity index (χ0n) is 7.92. The van der Waals surface area contributed by atoms with E-state index in [2.05, 4.69) is 11.9 Å². The van der Waals surface area contributed by atoms with Gasteiger partial charge in [0.2, 0.25) is 0 Å². The molecule has 0 saturated carbocycles. The molecule has 2 atom stereocenters. The fourth-order valence-corrected chi connectivity index (χ4v) is 0.827. The van der Waals surface area contributed by atoms with Gasteiger partial charge in [0.25, 0.3) is 0 Å². The topological polar surface area (TPSA) is 49.3 Å². The number of hydrogen-bond donors (Lipinski definition) is 2. The van der Waals surface area contributed by atoms with Crippen LogP contribution in [0.1, 0.15) is 27.2 Å². The van der Waals surface area contributed by atoms with Crippen molar-refractivity contribution in [3.05, 3.63) is 12.2 Å². The van der Waals surface area contributed by atoms with Crippen LogP contribution in [0.5, 0.6) is 0 Å². The second-order valence-electron chi connectivity index (χ2n) is 3.09. The number of carboxylic acid groups (broad SMARTS) is 1. The number of nitrogens with one attached hydrogen (secondary N) is 1. The highest BCUT2D eigenvalue weighted by Gasteiger charge is 2.18. The van der Waals surface area contributed by atoms with Crippen LogP contribution in [-0.4, -0.2) is 23.2 Å². The molecule has 2 N–H and O–H groups in total. The molecule has 0 aliphatic carbocycles. The van der Waals surface area contributed by atoms with E-state index in [9.17, 15) is 4.79 Å². The van der Waals surface area contributed by atoms with E-state index in [-0.39, 0.29) is 6.04 Å². The van der Waals surface area contributed by atoms with Gasteiger partial charge < -0.3 is 5.11 Å². The number of carbonyl (C=O) groups is 1. The SMILES string of the molecule is C=C(C)C(NC(C)CC)C(=O)O. The molecule has 0 spiro atoms. The third-order valence-electron chi connectivity index (χ3n) is 1.80. The highest BCUT2D eigenvalue weighted by atomic mass is 16.4. The first-order chi connectivity index (χ1) is 5.49. The van der Waals surface area contributed by atoms with E-state index >= 15 is 0 Å². The van der Waals surface area contributed by atoms with Crippen LogP contribution in [0.2, 0.25) is 0 Å². The van der Waals surface area contributed by atoms with Crippen molar-refractivity contribution in [3.63, 3.8) is 0 Å². The van der Waals surface area contributed by atoms with Gasteiger partial charge in [0.15, 0.2) is 0 Å². The molecule has 0 radical (unpaired) electrons. The lowest BCUT2D eigenvalue weighted by atomic mass is 10.1. The van der Waals surface area contributed by atoms with Gasteiger partial charge in [-0.1, -0.05) is 19.1 Å². The molecule has 0 aromatic carbocycles. The molecule has 0 fully saturated rings. The lowest BCUT2D eigenvalue weighted by molar-refractivity contribution is -0.138. The largest absolute Gasteiger partial charge is 0.480 e. The summed E-state index contributed by atoms with van der Waals surface area (Å²) in [5.41, 5.74) is 0.641. The minimum Gasteiger partial charge on any atom is -0.480 e. The van der Waals surface area contributed by atoms with Crippen LogP contribution in [0, 0.1) is 0 Å². The Morgan fingerprint density at radius 3 is 2.42 bits per heavy atom. The molecule has 0 aliphatic rings. The Morgan fingerprint density at radius 1 is 1.67 bits per heavy atom. The summed E-state index contributed by atoms with van der Waals surface area (Å²) in [7, 11) is 0. The molecule has 12 heavy (non-hydrogen) atoms. The Morgan fingerprint density at radius 2 is 2.17 bits per heavy atom. The number of aliphatic carboxylic acids is 1. The summed E-state index contributed by atoms with van der Waals surface area (Å²) >= 11 is 0. The molecule has 0 aromatic heterocycles. The van der Waals surface area contributed by atoms with Gasteiger partial charge >= 0.3 is 5.97 Å². The Kier molecular flexibility index (Phi) is 4.59. The fraction of sp³-hybridized carbons (Fsp3) is 0.667. The predicted octanol–water partition coefficient (Wildman–Crippen LogP) is 1.40. The minimum atomic E-state index is -0.859. The Hall–Kier alpha value is -0.830. The van der Waals surface area contributed by atoms with Crippen LogP contribution >= 0.6 is 0 Å². The van der Waals surface area contributed by atoms with Crippen molar-refractivity contribution < 1.29 is 9.90 Å². The lowest BCUT2D eigenvalue weighted by Crippen LogP contribution is -2.42. The van der Waals surface area contributed by atoms with Gasteiger partial charge in [-0.05, 0) is 20.3 Å². The van der Waals surface area contributed by atoms with Gasteiger partial charge in [-0.3, -0.25) is 10.1 Å². The van der Waals surface area contributed by atoms with Crippen LogP contribution in [0.15, 0.2) is 12.2 Å². The number of carboxylic acids is 1. The van der Waals surface area contributed by atoms with E-state index in [4.69, 9.17) is 5.11 Å². The lowest BCUT2D eigenvalue weighted by Gasteiger charge is -2.18. The number of rotatable bonds is 5. The van der Waals surface area contributed by atoms with Gasteiger partial charge in [0, 0.05) is 6.04 Å². The molecular weight excluding hydrogens is 154 g/mol. The van der Waals surface area contributed by atoms with Crippen LogP contribution in [0.3, 0.4) is 0 Å². The predicted molar refractivity (Wildman–Crippen MR) is 49.1 cm³/mol. The molecule has 0 rings (SSSR count). The molecule has 70 valence electrons. The van der Waals surface area contributed by atoms with E-state index in [1.165, 1.54) is 0 Å². The maximum Gasteiger partial charge on any atom is 0.324 e. The molecule has 0 amide bonds. The minimum absolute atomic E-state index is 0.211. The summed E-state index contributed by atoms with van der Waals surface area (Å²) in [5.74, 6) is -0.859. The Bertz CT molecular complexity index is 163. The van der Waals surface area contributed by atoms with Crippen LogP contribution < -0.4 is 5.32 Å². The van der Waals surface area contributed by atoms with Gasteiger partial charge in [0.1, 0.15) is 6.04 Å². The van der Waals surface area contributed by atoms with Gasteiger partial charge in [-0.2, -0.15) is 0 Å². The summed E-state index contributed by atoms with van der Waals surface area (Å²) in [5, 5.41) is 11.7. The summed E-state index contributed by atoms with van der Waals surface area (Å²) < 4.78 is 0. The first-order valence-electron chi connectivity index (χ1n) is 4.13. The molecule has 3 nitrogen and oxygen atoms in total. The van der Waals surface area contributed by atoms with Crippen LogP contribution in [0.4, 0.5) is 0 Å². The smallest absolute Gasteiger partial charge is 0.324 e. The fourth-order valence-electron chi connectivity index (χ4n) is 0.827. The molecule has 0 aliphatic heterocycles. The monoisotopic (exact) mass is 171 g/mol. The first-order valence-corrected chi connectivity index (χ1v) is 4.13. The molecule has 0 aromatic rings. The van der Waals surface area contributed by atoms with Crippen molar-refractivity contribution in [1.29, 1.82) is 0 Å². The molecule has 2 unspecified atom stereocenters. The van der Waals surface area contributed by atoms with E-state index in [1.807, 2.05) is 13.8 Å². The zero-order chi connectivity index (χ0) is 9.72. The average molecular weight is 171 g/mol. The Balaban J connectivity index is 4.14. The maximum absolute atomic E-state index is 10.7. The first kappa shape index (κ1) is 11.2. The van der Waals surface area contributed by atoms with Crippen molar-refractivity contribution in [3.8, 4) is 0 Å². The third-order valence-corrected chi connectivity index (χ3v) is 1.80. The summed E-state index contributed by atoms with van der Waals surface area (Å²) in [6.07, 6.45) is 0.914. The molecule has 0 heterocycles. The highest BCUT2D eigenvalue weighted by molar-refractivity contribution is 5.77. The molecule has 0 saturated heterocycles. The second-order valence-corrected chi connectivity index (χ2v) is 3.09. The van der Waals surface area contributed by atoms with Crippen molar-refractivity contribution in [2.24, 2.45) is 0 Å². The third kappa shape index (κ3) is 3.53. The van der Waals surface area contributed by atoms with Gasteiger partial charge in [0.05, 0.1) is 0 Å². The quantitative estimate of drug-likeness (QED) is 0.615. The van der Waals surface area contributed by atoms with Crippen molar-refractivity contribution >= 4 is 5.97 Å². The zero-order valence-corrected chi connectivity index (χ0v) is 7.92. The van der Waals surface area contributed by atoms with Gasteiger partial charge in [-0.15, -0.1) is 0 Å². The van der Waals surface area contributed by atoms with Crippen molar-refractivity contribution in [1.82, 2.24) is 5.32 Å². The van der Waals surface area contributed by atoms with Crippen LogP contribution in [0.25, 0.3) is 0 Å². The standard InChI is InChI=1S/C9H17NO2/c1-5-7(4)10-8(6(2)3)9(11)12/h7-8,10H,2,5H2,1,3-4H3,(H,11,12). The summed E-state index contributed by atoms with van der Waals surface area (Å²) in [6, 6.07) is -0.400.